The van der Waals surface area contributed by atoms with Gasteiger partial charge < -0.3 is 19.4 Å². The zero-order valence-electron chi connectivity index (χ0n) is 18.4. The second-order valence-electron chi connectivity index (χ2n) is 9.08. The fourth-order valence-electron chi connectivity index (χ4n) is 4.81. The molecule has 0 bridgehead atoms. The molecule has 31 heavy (non-hydrogen) atoms. The number of para-hydroxylation sites is 1. The van der Waals surface area contributed by atoms with E-state index in [9.17, 15) is 4.79 Å². The van der Waals surface area contributed by atoms with Gasteiger partial charge in [-0.2, -0.15) is 0 Å². The van der Waals surface area contributed by atoms with Crippen LogP contribution >= 0.6 is 0 Å². The van der Waals surface area contributed by atoms with Crippen LogP contribution in [0.25, 0.3) is 0 Å². The Morgan fingerprint density at radius 3 is 2.45 bits per heavy atom. The van der Waals surface area contributed by atoms with Crippen LogP contribution in [-0.2, 0) is 11.2 Å². The number of fused-ring (bicyclic) bond motifs is 1. The summed E-state index contributed by atoms with van der Waals surface area (Å²) in [6, 6.07) is 11.1. The SMILES string of the molecule is CN(C)c1cc(N(C2CC2)C2CCN(C(=O)C3CCc4ccccc4O3)CC2)ncn1. The van der Waals surface area contributed by atoms with E-state index in [4.69, 9.17) is 4.74 Å². The van der Waals surface area contributed by atoms with Crippen molar-refractivity contribution < 1.29 is 9.53 Å². The van der Waals surface area contributed by atoms with E-state index in [2.05, 4.69) is 27.0 Å². The highest BCUT2D eigenvalue weighted by atomic mass is 16.5. The molecule has 1 saturated carbocycles. The van der Waals surface area contributed by atoms with Crippen LogP contribution in [0.4, 0.5) is 11.6 Å². The zero-order valence-corrected chi connectivity index (χ0v) is 18.4. The molecule has 1 aliphatic carbocycles. The van der Waals surface area contributed by atoms with Crippen molar-refractivity contribution >= 4 is 17.5 Å². The van der Waals surface area contributed by atoms with Gasteiger partial charge in [0.15, 0.2) is 6.10 Å². The molecule has 2 aromatic rings. The Kier molecular flexibility index (Phi) is 5.42. The lowest BCUT2D eigenvalue weighted by atomic mass is 9.99. The van der Waals surface area contributed by atoms with Crippen molar-refractivity contribution in [2.75, 3.05) is 37.0 Å². The third-order valence-electron chi connectivity index (χ3n) is 6.66. The maximum absolute atomic E-state index is 13.1. The first-order chi connectivity index (χ1) is 15.1. The van der Waals surface area contributed by atoms with Crippen molar-refractivity contribution in [2.24, 2.45) is 0 Å². The number of hydrogen-bond donors (Lipinski definition) is 0. The normalized spacial score (nSPS) is 21.2. The van der Waals surface area contributed by atoms with Crippen LogP contribution in [0, 0.1) is 0 Å². The average Bonchev–Trinajstić information content (AvgIpc) is 3.64. The van der Waals surface area contributed by atoms with Crippen molar-refractivity contribution in [2.45, 2.75) is 56.7 Å². The number of nitrogens with zero attached hydrogens (tertiary/aromatic N) is 5. The molecule has 0 spiro atoms. The Morgan fingerprint density at radius 2 is 1.71 bits per heavy atom. The number of rotatable bonds is 5. The Hall–Kier alpha value is -2.83. The van der Waals surface area contributed by atoms with Gasteiger partial charge >= 0.3 is 0 Å². The molecule has 1 amide bonds. The van der Waals surface area contributed by atoms with Crippen molar-refractivity contribution in [1.29, 1.82) is 0 Å². The van der Waals surface area contributed by atoms with Crippen LogP contribution in [0.5, 0.6) is 5.75 Å². The molecule has 0 radical (unpaired) electrons. The third kappa shape index (κ3) is 4.18. The van der Waals surface area contributed by atoms with Gasteiger partial charge in [-0.1, -0.05) is 18.2 Å². The summed E-state index contributed by atoms with van der Waals surface area (Å²) in [6.07, 6.45) is 7.34. The lowest BCUT2D eigenvalue weighted by Crippen LogP contribution is -2.51. The molecule has 0 N–H and O–H groups in total. The fourth-order valence-corrected chi connectivity index (χ4v) is 4.81. The van der Waals surface area contributed by atoms with Gasteiger partial charge in [0, 0.05) is 45.3 Å². The number of carbonyl (C=O) groups excluding carboxylic acids is 1. The summed E-state index contributed by atoms with van der Waals surface area (Å²) in [7, 11) is 4.01. The minimum absolute atomic E-state index is 0.142. The fraction of sp³-hybridized carbons (Fsp3) is 0.542. The van der Waals surface area contributed by atoms with Crippen LogP contribution in [-0.4, -0.2) is 66.1 Å². The van der Waals surface area contributed by atoms with E-state index in [1.807, 2.05) is 42.1 Å². The number of likely N-dealkylation sites (tertiary alicyclic amines) is 1. The lowest BCUT2D eigenvalue weighted by molar-refractivity contribution is -0.140. The molecule has 2 aliphatic heterocycles. The summed E-state index contributed by atoms with van der Waals surface area (Å²) in [6.45, 7) is 1.56. The van der Waals surface area contributed by atoms with Crippen LogP contribution in [0.15, 0.2) is 36.7 Å². The van der Waals surface area contributed by atoms with Gasteiger partial charge in [-0.3, -0.25) is 4.79 Å². The van der Waals surface area contributed by atoms with Crippen LogP contribution < -0.4 is 14.5 Å². The molecule has 1 aromatic heterocycles. The van der Waals surface area contributed by atoms with Gasteiger partial charge in [0.2, 0.25) is 0 Å². The predicted octanol–water partition coefficient (Wildman–Crippen LogP) is 2.90. The molecular weight excluding hydrogens is 390 g/mol. The molecule has 1 unspecified atom stereocenters. The monoisotopic (exact) mass is 421 g/mol. The smallest absolute Gasteiger partial charge is 0.263 e. The minimum atomic E-state index is -0.351. The van der Waals surface area contributed by atoms with E-state index in [1.54, 1.807) is 6.33 Å². The number of anilines is 2. The van der Waals surface area contributed by atoms with Gasteiger partial charge in [0.05, 0.1) is 0 Å². The Balaban J connectivity index is 1.23. The summed E-state index contributed by atoms with van der Waals surface area (Å²) in [5, 5.41) is 0. The minimum Gasteiger partial charge on any atom is -0.480 e. The summed E-state index contributed by atoms with van der Waals surface area (Å²) < 4.78 is 6.05. The molecule has 3 heterocycles. The van der Waals surface area contributed by atoms with Gasteiger partial charge in [0.1, 0.15) is 23.7 Å². The van der Waals surface area contributed by atoms with Gasteiger partial charge in [-0.15, -0.1) is 0 Å². The first kappa shape index (κ1) is 20.1. The van der Waals surface area contributed by atoms with E-state index in [0.717, 1.165) is 56.2 Å². The number of hydrogen-bond acceptors (Lipinski definition) is 6. The van der Waals surface area contributed by atoms with E-state index >= 15 is 0 Å². The highest BCUT2D eigenvalue weighted by molar-refractivity contribution is 5.81. The van der Waals surface area contributed by atoms with Crippen molar-refractivity contribution in [3.05, 3.63) is 42.2 Å². The Morgan fingerprint density at radius 1 is 1.00 bits per heavy atom. The first-order valence-electron chi connectivity index (χ1n) is 11.4. The number of piperidine rings is 1. The molecule has 7 nitrogen and oxygen atoms in total. The molecule has 1 atom stereocenters. The topological polar surface area (TPSA) is 61.8 Å². The summed E-state index contributed by atoms with van der Waals surface area (Å²) >= 11 is 0. The van der Waals surface area contributed by atoms with E-state index < -0.39 is 0 Å². The highest BCUT2D eigenvalue weighted by Crippen LogP contribution is 2.36. The van der Waals surface area contributed by atoms with E-state index in [-0.39, 0.29) is 12.0 Å². The summed E-state index contributed by atoms with van der Waals surface area (Å²) in [5.74, 6) is 2.95. The Labute approximate surface area is 184 Å². The average molecular weight is 422 g/mol. The van der Waals surface area contributed by atoms with Crippen molar-refractivity contribution in [3.63, 3.8) is 0 Å². The highest BCUT2D eigenvalue weighted by Gasteiger charge is 2.38. The number of aromatic nitrogens is 2. The predicted molar refractivity (Wildman–Crippen MR) is 121 cm³/mol. The maximum Gasteiger partial charge on any atom is 0.263 e. The molecule has 164 valence electrons. The first-order valence-corrected chi connectivity index (χ1v) is 11.4. The molecule has 7 heteroatoms. The molecule has 3 aliphatic rings. The molecule has 1 saturated heterocycles. The second kappa shape index (κ2) is 8.36. The molecule has 1 aromatic carbocycles. The van der Waals surface area contributed by atoms with Crippen LogP contribution in [0.2, 0.25) is 0 Å². The number of aryl methyl sites for hydroxylation is 1. The standard InChI is InChI=1S/C24H31N5O2/c1-27(2)22-15-23(26-16-25-22)29(18-8-9-18)19-11-13-28(14-12-19)24(30)21-10-7-17-5-3-4-6-20(17)31-21/h3-6,15-16,18-19,21H,7-14H2,1-2H3. The summed E-state index contributed by atoms with van der Waals surface area (Å²) in [4.78, 5) is 28.6. The van der Waals surface area contributed by atoms with Gasteiger partial charge in [-0.05, 0) is 50.2 Å². The zero-order chi connectivity index (χ0) is 21.4. The largest absolute Gasteiger partial charge is 0.480 e. The van der Waals surface area contributed by atoms with Gasteiger partial charge in [0.25, 0.3) is 5.91 Å². The van der Waals surface area contributed by atoms with Crippen molar-refractivity contribution in [3.8, 4) is 5.75 Å². The second-order valence-corrected chi connectivity index (χ2v) is 9.08. The molecular formula is C24H31N5O2. The third-order valence-corrected chi connectivity index (χ3v) is 6.66. The summed E-state index contributed by atoms with van der Waals surface area (Å²) in [5.41, 5.74) is 1.20. The van der Waals surface area contributed by atoms with E-state index in [0.29, 0.717) is 12.1 Å². The maximum atomic E-state index is 13.1. The number of ether oxygens (including phenoxy) is 1. The molecule has 2 fully saturated rings. The molecule has 5 rings (SSSR count). The number of benzene rings is 1. The van der Waals surface area contributed by atoms with Crippen LogP contribution in [0.1, 0.15) is 37.7 Å². The number of carbonyl (C=O) groups is 1. The van der Waals surface area contributed by atoms with Crippen molar-refractivity contribution in [1.82, 2.24) is 14.9 Å². The van der Waals surface area contributed by atoms with E-state index in [1.165, 1.54) is 18.4 Å². The van der Waals surface area contributed by atoms with Crippen LogP contribution in [0.3, 0.4) is 0 Å². The van der Waals surface area contributed by atoms with Gasteiger partial charge in [-0.25, -0.2) is 9.97 Å². The quantitative estimate of drug-likeness (QED) is 0.740. The number of amides is 1. The lowest BCUT2D eigenvalue weighted by Gasteiger charge is -2.40. The Bertz CT molecular complexity index is 937.